The van der Waals surface area contributed by atoms with Gasteiger partial charge >= 0.3 is 12.0 Å². The Bertz CT molecular complexity index is 699. The molecule has 1 aliphatic rings. The molecule has 0 aromatic heterocycles. The van der Waals surface area contributed by atoms with E-state index in [2.05, 4.69) is 5.32 Å². The number of nitrogens with zero attached hydrogens (tertiary/aromatic N) is 1. The van der Waals surface area contributed by atoms with Crippen LogP contribution in [0.2, 0.25) is 0 Å². The molecule has 2 rings (SSSR count). The van der Waals surface area contributed by atoms with Gasteiger partial charge in [0.25, 0.3) is 0 Å². The number of amides is 2. The van der Waals surface area contributed by atoms with Crippen LogP contribution in [-0.2, 0) is 9.53 Å². The number of hydrogen-bond donors (Lipinski definition) is 1. The molecule has 0 unspecified atom stereocenters. The van der Waals surface area contributed by atoms with Gasteiger partial charge in [-0.15, -0.1) is 0 Å². The molecular formula is C18H24N2O5. The second kappa shape index (κ2) is 7.92. The number of hydrogen-bond acceptors (Lipinski definition) is 5. The number of benzene rings is 1. The minimum Gasteiger partial charge on any atom is -0.493 e. The standard InChI is InChI=1S/C18H24N2O5/c1-6-9-25-13-8-7-12(10-14(13)23-4)16-15(17(21)24-5)11(2)20(3)18(22)19-16/h7-8,10,16H,6,9H2,1-5H3,(H,19,22)/t16-/m0/s1. The third-order valence-corrected chi connectivity index (χ3v) is 4.14. The lowest BCUT2D eigenvalue weighted by Gasteiger charge is -2.33. The Morgan fingerprint density at radius 3 is 2.60 bits per heavy atom. The predicted octanol–water partition coefficient (Wildman–Crippen LogP) is 2.63. The van der Waals surface area contributed by atoms with Crippen LogP contribution in [0.1, 0.15) is 31.9 Å². The summed E-state index contributed by atoms with van der Waals surface area (Å²) in [5.41, 5.74) is 1.64. The topological polar surface area (TPSA) is 77.1 Å². The van der Waals surface area contributed by atoms with Crippen LogP contribution in [0.3, 0.4) is 0 Å². The van der Waals surface area contributed by atoms with Gasteiger partial charge in [-0.2, -0.15) is 0 Å². The number of esters is 1. The van der Waals surface area contributed by atoms with Crippen molar-refractivity contribution in [1.82, 2.24) is 10.2 Å². The molecule has 1 aliphatic heterocycles. The maximum atomic E-state index is 12.3. The smallest absolute Gasteiger partial charge is 0.337 e. The van der Waals surface area contributed by atoms with E-state index in [1.54, 1.807) is 39.3 Å². The number of allylic oxidation sites excluding steroid dienone is 1. The van der Waals surface area contributed by atoms with Gasteiger partial charge in [0.2, 0.25) is 0 Å². The van der Waals surface area contributed by atoms with Crippen LogP contribution in [0.15, 0.2) is 29.5 Å². The molecule has 0 saturated carbocycles. The van der Waals surface area contributed by atoms with Crippen LogP contribution in [-0.4, -0.2) is 44.8 Å². The molecule has 1 heterocycles. The Morgan fingerprint density at radius 2 is 2.00 bits per heavy atom. The largest absolute Gasteiger partial charge is 0.493 e. The molecule has 0 bridgehead atoms. The molecule has 25 heavy (non-hydrogen) atoms. The zero-order valence-corrected chi connectivity index (χ0v) is 15.2. The minimum absolute atomic E-state index is 0.291. The molecule has 1 N–H and O–H groups in total. The highest BCUT2D eigenvalue weighted by molar-refractivity contribution is 5.94. The average molecular weight is 348 g/mol. The van der Waals surface area contributed by atoms with E-state index in [1.165, 1.54) is 12.0 Å². The average Bonchev–Trinajstić information content (AvgIpc) is 2.63. The molecule has 0 aliphatic carbocycles. The summed E-state index contributed by atoms with van der Waals surface area (Å²) in [6, 6.07) is 4.43. The highest BCUT2D eigenvalue weighted by Gasteiger charge is 2.35. The third kappa shape index (κ3) is 3.70. The van der Waals surface area contributed by atoms with Crippen molar-refractivity contribution in [2.45, 2.75) is 26.3 Å². The number of rotatable bonds is 6. The van der Waals surface area contributed by atoms with Crippen LogP contribution >= 0.6 is 0 Å². The SMILES string of the molecule is CCCOc1ccc([C@@H]2NC(=O)N(C)C(C)=C2C(=O)OC)cc1OC. The molecule has 0 spiro atoms. The van der Waals surface area contributed by atoms with Crippen LogP contribution in [0.25, 0.3) is 0 Å². The zero-order valence-electron chi connectivity index (χ0n) is 15.2. The van der Waals surface area contributed by atoms with Gasteiger partial charge in [0.05, 0.1) is 32.4 Å². The Labute approximate surface area is 147 Å². The minimum atomic E-state index is -0.620. The van der Waals surface area contributed by atoms with Gasteiger partial charge < -0.3 is 24.4 Å². The van der Waals surface area contributed by atoms with Crippen LogP contribution in [0.4, 0.5) is 4.79 Å². The molecule has 1 aromatic rings. The summed E-state index contributed by atoms with van der Waals surface area (Å²) in [6.45, 7) is 4.31. The van der Waals surface area contributed by atoms with Crippen molar-refractivity contribution in [3.63, 3.8) is 0 Å². The van der Waals surface area contributed by atoms with Crippen molar-refractivity contribution in [2.24, 2.45) is 0 Å². The highest BCUT2D eigenvalue weighted by atomic mass is 16.5. The predicted molar refractivity (Wildman–Crippen MR) is 92.5 cm³/mol. The fourth-order valence-corrected chi connectivity index (χ4v) is 2.65. The number of carbonyl (C=O) groups excluding carboxylic acids is 2. The molecule has 136 valence electrons. The first-order valence-electron chi connectivity index (χ1n) is 8.08. The van der Waals surface area contributed by atoms with Gasteiger partial charge in [-0.25, -0.2) is 9.59 Å². The monoisotopic (exact) mass is 348 g/mol. The summed E-state index contributed by atoms with van der Waals surface area (Å²) < 4.78 is 15.9. The first-order valence-corrected chi connectivity index (χ1v) is 8.08. The molecule has 2 amide bonds. The first-order chi connectivity index (χ1) is 11.9. The molecule has 1 atom stereocenters. The number of methoxy groups -OCH3 is 2. The summed E-state index contributed by atoms with van der Waals surface area (Å²) in [5.74, 6) is 0.674. The lowest BCUT2D eigenvalue weighted by atomic mass is 9.94. The van der Waals surface area contributed by atoms with Crippen molar-refractivity contribution in [3.05, 3.63) is 35.0 Å². The number of ether oxygens (including phenoxy) is 3. The molecule has 7 nitrogen and oxygen atoms in total. The van der Waals surface area contributed by atoms with E-state index in [-0.39, 0.29) is 6.03 Å². The van der Waals surface area contributed by atoms with E-state index in [1.807, 2.05) is 6.92 Å². The molecule has 0 radical (unpaired) electrons. The summed E-state index contributed by atoms with van der Waals surface area (Å²) in [5, 5.41) is 2.82. The quantitative estimate of drug-likeness (QED) is 0.800. The van der Waals surface area contributed by atoms with Gasteiger partial charge in [0.1, 0.15) is 0 Å². The molecular weight excluding hydrogens is 324 g/mol. The summed E-state index contributed by atoms with van der Waals surface area (Å²) in [4.78, 5) is 25.8. The normalized spacial score (nSPS) is 17.2. The van der Waals surface area contributed by atoms with Crippen LogP contribution in [0.5, 0.6) is 11.5 Å². The van der Waals surface area contributed by atoms with Crippen molar-refractivity contribution in [3.8, 4) is 11.5 Å². The number of urea groups is 1. The maximum Gasteiger partial charge on any atom is 0.337 e. The van der Waals surface area contributed by atoms with Crippen LogP contribution < -0.4 is 14.8 Å². The molecule has 0 fully saturated rings. The van der Waals surface area contributed by atoms with Crippen molar-refractivity contribution in [1.29, 1.82) is 0 Å². The van der Waals surface area contributed by atoms with E-state index in [0.717, 1.165) is 6.42 Å². The summed E-state index contributed by atoms with van der Waals surface area (Å²) >= 11 is 0. The van der Waals surface area contributed by atoms with E-state index in [0.29, 0.717) is 34.9 Å². The third-order valence-electron chi connectivity index (χ3n) is 4.14. The van der Waals surface area contributed by atoms with E-state index in [9.17, 15) is 9.59 Å². The van der Waals surface area contributed by atoms with Gasteiger partial charge in [-0.1, -0.05) is 13.0 Å². The van der Waals surface area contributed by atoms with Gasteiger partial charge in [-0.05, 0) is 31.0 Å². The lowest BCUT2D eigenvalue weighted by molar-refractivity contribution is -0.136. The first kappa shape index (κ1) is 18.6. The van der Waals surface area contributed by atoms with E-state index >= 15 is 0 Å². The molecule has 1 aromatic carbocycles. The Balaban J connectivity index is 2.47. The fraction of sp³-hybridized carbons (Fsp3) is 0.444. The Kier molecular flexibility index (Phi) is 5.90. The summed E-state index contributed by atoms with van der Waals surface area (Å²) in [7, 11) is 4.47. The Morgan fingerprint density at radius 1 is 1.28 bits per heavy atom. The highest BCUT2D eigenvalue weighted by Crippen LogP contribution is 2.35. The van der Waals surface area contributed by atoms with Crippen molar-refractivity contribution < 1.29 is 23.8 Å². The second-order valence-electron chi connectivity index (χ2n) is 5.69. The van der Waals surface area contributed by atoms with Gasteiger partial charge in [-0.3, -0.25) is 0 Å². The lowest BCUT2D eigenvalue weighted by Crippen LogP contribution is -2.46. The molecule has 0 saturated heterocycles. The van der Waals surface area contributed by atoms with Gasteiger partial charge in [0, 0.05) is 12.7 Å². The number of nitrogens with one attached hydrogen (secondary N) is 1. The molecule has 7 heteroatoms. The summed E-state index contributed by atoms with van der Waals surface area (Å²) in [6.07, 6.45) is 0.879. The van der Waals surface area contributed by atoms with Crippen LogP contribution in [0, 0.1) is 0 Å². The number of carbonyl (C=O) groups is 2. The van der Waals surface area contributed by atoms with Crippen molar-refractivity contribution >= 4 is 12.0 Å². The Hall–Kier alpha value is -2.70. The van der Waals surface area contributed by atoms with E-state index in [4.69, 9.17) is 14.2 Å². The van der Waals surface area contributed by atoms with Gasteiger partial charge in [0.15, 0.2) is 11.5 Å². The van der Waals surface area contributed by atoms with Crippen molar-refractivity contribution in [2.75, 3.05) is 27.9 Å². The maximum absolute atomic E-state index is 12.3. The zero-order chi connectivity index (χ0) is 18.6. The fourth-order valence-electron chi connectivity index (χ4n) is 2.65. The second-order valence-corrected chi connectivity index (χ2v) is 5.69. The van der Waals surface area contributed by atoms with E-state index < -0.39 is 12.0 Å².